The van der Waals surface area contributed by atoms with E-state index >= 15 is 0 Å². The maximum Gasteiger partial charge on any atom is 0.270 e. The topological polar surface area (TPSA) is 94.3 Å². The molecule has 7 nitrogen and oxygen atoms in total. The Balaban J connectivity index is 1.55. The van der Waals surface area contributed by atoms with Gasteiger partial charge in [-0.25, -0.2) is 8.78 Å². The van der Waals surface area contributed by atoms with Crippen LogP contribution < -0.4 is 10.6 Å². The molecule has 10 heteroatoms. The minimum atomic E-state index is -0.988. The lowest BCUT2D eigenvalue weighted by Gasteiger charge is -2.30. The lowest BCUT2D eigenvalue weighted by atomic mass is 9.83. The summed E-state index contributed by atoms with van der Waals surface area (Å²) >= 11 is 3.43. The molecule has 0 aliphatic carbocycles. The number of aromatic amines is 1. The molecule has 1 aliphatic rings. The first-order valence-electron chi connectivity index (χ1n) is 11.5. The van der Waals surface area contributed by atoms with Crippen molar-refractivity contribution in [3.8, 4) is 0 Å². The van der Waals surface area contributed by atoms with Gasteiger partial charge in [-0.2, -0.15) is 0 Å². The van der Waals surface area contributed by atoms with Crippen molar-refractivity contribution in [2.75, 3.05) is 18.9 Å². The Morgan fingerprint density at radius 2 is 1.89 bits per heavy atom. The van der Waals surface area contributed by atoms with Crippen LogP contribution >= 0.6 is 15.9 Å². The highest BCUT2D eigenvalue weighted by Gasteiger charge is 2.43. The first-order chi connectivity index (χ1) is 16.9. The zero-order valence-corrected chi connectivity index (χ0v) is 21.9. The summed E-state index contributed by atoms with van der Waals surface area (Å²) in [5, 5.41) is 5.80. The molecule has 4 rings (SSSR count). The van der Waals surface area contributed by atoms with Crippen LogP contribution in [0.15, 0.2) is 40.9 Å². The van der Waals surface area contributed by atoms with Crippen molar-refractivity contribution in [3.63, 3.8) is 0 Å². The average molecular weight is 561 g/mol. The molecule has 190 valence electrons. The summed E-state index contributed by atoms with van der Waals surface area (Å²) in [5.41, 5.74) is 0.657. The molecule has 2 aromatic carbocycles. The minimum absolute atomic E-state index is 0.0363. The maximum atomic E-state index is 14.1. The molecule has 1 aliphatic heterocycles. The van der Waals surface area contributed by atoms with Gasteiger partial charge in [-0.05, 0) is 55.2 Å². The van der Waals surface area contributed by atoms with Gasteiger partial charge in [-0.1, -0.05) is 29.8 Å². The predicted molar refractivity (Wildman–Crippen MR) is 137 cm³/mol. The van der Waals surface area contributed by atoms with Crippen molar-refractivity contribution in [1.82, 2.24) is 15.2 Å². The highest BCUT2D eigenvalue weighted by atomic mass is 79.9. The fraction of sp³-hybridized carbons (Fsp3) is 0.346. The van der Waals surface area contributed by atoms with E-state index in [0.717, 1.165) is 22.2 Å². The number of likely N-dealkylation sites (N-methyl/N-ethyl adjacent to an activating group) is 1. The molecule has 36 heavy (non-hydrogen) atoms. The van der Waals surface area contributed by atoms with Crippen LogP contribution in [0.3, 0.4) is 0 Å². The van der Waals surface area contributed by atoms with E-state index in [4.69, 9.17) is 0 Å². The Labute approximate surface area is 215 Å². The van der Waals surface area contributed by atoms with E-state index in [1.807, 2.05) is 26.0 Å². The summed E-state index contributed by atoms with van der Waals surface area (Å²) in [6.07, 6.45) is 0.363. The molecule has 3 N–H and O–H groups in total. The second kappa shape index (κ2) is 9.65. The van der Waals surface area contributed by atoms with Crippen molar-refractivity contribution >= 4 is 50.2 Å². The Bertz CT molecular complexity index is 1370. The number of fused-ring (bicyclic) bond motifs is 2. The van der Waals surface area contributed by atoms with Crippen molar-refractivity contribution in [3.05, 3.63) is 63.8 Å². The van der Waals surface area contributed by atoms with Gasteiger partial charge in [0.2, 0.25) is 11.8 Å². The number of nitrogens with zero attached hydrogens (tertiary/aromatic N) is 1. The third-order valence-electron chi connectivity index (χ3n) is 6.61. The lowest BCUT2D eigenvalue weighted by Crippen LogP contribution is -2.52. The Hall–Kier alpha value is -3.27. The monoisotopic (exact) mass is 560 g/mol. The SMILES string of the molecule is CC(C)C[C@@H](C(=O)NCC1(C)C(=O)Nc2ccc(Br)cc21)N(C)C(=O)c1cc2c(F)cc(F)cc2[nH]1. The number of hydrogen-bond donors (Lipinski definition) is 3. The fourth-order valence-electron chi connectivity index (χ4n) is 4.52. The molecule has 3 aromatic rings. The number of anilines is 1. The Kier molecular flexibility index (Phi) is 6.92. The second-order valence-electron chi connectivity index (χ2n) is 9.79. The predicted octanol–water partition coefficient (Wildman–Crippen LogP) is 4.72. The van der Waals surface area contributed by atoms with E-state index in [9.17, 15) is 23.2 Å². The van der Waals surface area contributed by atoms with Gasteiger partial charge in [-0.3, -0.25) is 14.4 Å². The molecule has 2 heterocycles. The maximum absolute atomic E-state index is 14.1. The number of hydrogen-bond acceptors (Lipinski definition) is 3. The van der Waals surface area contributed by atoms with Crippen LogP contribution in [-0.4, -0.2) is 47.2 Å². The zero-order chi connectivity index (χ0) is 26.4. The van der Waals surface area contributed by atoms with E-state index in [0.29, 0.717) is 12.1 Å². The highest BCUT2D eigenvalue weighted by Crippen LogP contribution is 2.38. The summed E-state index contributed by atoms with van der Waals surface area (Å²) in [4.78, 5) is 43.4. The quantitative estimate of drug-likeness (QED) is 0.390. The van der Waals surface area contributed by atoms with Crippen LogP contribution in [0.2, 0.25) is 0 Å². The van der Waals surface area contributed by atoms with Crippen LogP contribution in [0.25, 0.3) is 10.9 Å². The molecule has 0 spiro atoms. The molecule has 0 saturated heterocycles. The smallest absolute Gasteiger partial charge is 0.270 e. The van der Waals surface area contributed by atoms with E-state index in [-0.39, 0.29) is 35.0 Å². The van der Waals surface area contributed by atoms with Crippen molar-refractivity contribution in [1.29, 1.82) is 0 Å². The van der Waals surface area contributed by atoms with Gasteiger partial charge in [0.15, 0.2) is 0 Å². The first-order valence-corrected chi connectivity index (χ1v) is 12.3. The summed E-state index contributed by atoms with van der Waals surface area (Å²) in [7, 11) is 1.49. The van der Waals surface area contributed by atoms with Gasteiger partial charge in [0.05, 0.1) is 10.9 Å². The summed E-state index contributed by atoms with van der Waals surface area (Å²) in [6, 6.07) is 7.79. The van der Waals surface area contributed by atoms with E-state index < -0.39 is 34.9 Å². The third kappa shape index (κ3) is 4.74. The van der Waals surface area contributed by atoms with Crippen LogP contribution in [0.4, 0.5) is 14.5 Å². The van der Waals surface area contributed by atoms with Gasteiger partial charge in [-0.15, -0.1) is 0 Å². The van der Waals surface area contributed by atoms with Gasteiger partial charge < -0.3 is 20.5 Å². The standard InChI is InChI=1S/C26H27BrF2N4O3/c1-13(2)7-22(33(4)24(35)21-11-16-18(29)9-15(28)10-20(16)31-21)23(34)30-12-26(3)17-8-14(27)5-6-19(17)32-25(26)36/h5-6,8-11,13,22,31H,7,12H2,1-4H3,(H,30,34)(H,32,36)/t22-,26?/m0/s1. The summed E-state index contributed by atoms with van der Waals surface area (Å²) in [5.74, 6) is -2.64. The van der Waals surface area contributed by atoms with Crippen molar-refractivity contribution < 1.29 is 23.2 Å². The largest absolute Gasteiger partial charge is 0.353 e. The number of halogens is 3. The van der Waals surface area contributed by atoms with Gasteiger partial charge in [0.1, 0.15) is 23.4 Å². The number of amides is 3. The fourth-order valence-corrected chi connectivity index (χ4v) is 4.88. The molecule has 3 amide bonds. The van der Waals surface area contributed by atoms with Gasteiger partial charge in [0.25, 0.3) is 5.91 Å². The number of nitrogens with one attached hydrogen (secondary N) is 3. The number of aromatic nitrogens is 1. The van der Waals surface area contributed by atoms with Crippen LogP contribution in [-0.2, 0) is 15.0 Å². The number of H-pyrrole nitrogens is 1. The molecule has 0 radical (unpaired) electrons. The molecule has 1 unspecified atom stereocenters. The number of benzene rings is 2. The number of carbonyl (C=O) groups excluding carboxylic acids is 3. The van der Waals surface area contributed by atoms with Crippen LogP contribution in [0.1, 0.15) is 43.2 Å². The van der Waals surface area contributed by atoms with E-state index in [1.54, 1.807) is 13.0 Å². The Morgan fingerprint density at radius 1 is 1.17 bits per heavy atom. The second-order valence-corrected chi connectivity index (χ2v) is 10.7. The van der Waals surface area contributed by atoms with Gasteiger partial charge in [0, 0.05) is 35.2 Å². The summed E-state index contributed by atoms with van der Waals surface area (Å²) in [6.45, 7) is 5.65. The normalized spacial score (nSPS) is 17.7. The molecular weight excluding hydrogens is 534 g/mol. The average Bonchev–Trinajstić information content (AvgIpc) is 3.34. The molecule has 0 bridgehead atoms. The minimum Gasteiger partial charge on any atom is -0.353 e. The van der Waals surface area contributed by atoms with E-state index in [2.05, 4.69) is 31.5 Å². The summed E-state index contributed by atoms with van der Waals surface area (Å²) < 4.78 is 28.5. The van der Waals surface area contributed by atoms with Crippen molar-refractivity contribution in [2.24, 2.45) is 5.92 Å². The van der Waals surface area contributed by atoms with Crippen LogP contribution in [0.5, 0.6) is 0 Å². The Morgan fingerprint density at radius 3 is 2.58 bits per heavy atom. The zero-order valence-electron chi connectivity index (χ0n) is 20.3. The van der Waals surface area contributed by atoms with Gasteiger partial charge >= 0.3 is 0 Å². The van der Waals surface area contributed by atoms with Crippen molar-refractivity contribution in [2.45, 2.75) is 38.6 Å². The number of carbonyl (C=O) groups is 3. The first kappa shape index (κ1) is 25.8. The molecular formula is C26H27BrF2N4O3. The number of rotatable bonds is 7. The van der Waals surface area contributed by atoms with E-state index in [1.165, 1.54) is 18.0 Å². The third-order valence-corrected chi connectivity index (χ3v) is 7.10. The van der Waals surface area contributed by atoms with Crippen LogP contribution in [0, 0.1) is 17.6 Å². The molecule has 0 fully saturated rings. The highest BCUT2D eigenvalue weighted by molar-refractivity contribution is 9.10. The molecule has 0 saturated carbocycles. The molecule has 2 atom stereocenters. The molecule has 1 aromatic heterocycles. The lowest BCUT2D eigenvalue weighted by molar-refractivity contribution is -0.126.